The van der Waals surface area contributed by atoms with Crippen molar-refractivity contribution in [2.24, 2.45) is 39.4 Å². The third-order valence-corrected chi connectivity index (χ3v) is 11.6. The van der Waals surface area contributed by atoms with Crippen molar-refractivity contribution in [2.45, 2.75) is 119 Å². The molecule has 3 fully saturated rings. The second-order valence-electron chi connectivity index (χ2n) is 13.8. The van der Waals surface area contributed by atoms with Crippen LogP contribution in [0.1, 0.15) is 107 Å². The van der Waals surface area contributed by atoms with Crippen LogP contribution in [0.2, 0.25) is 0 Å². The first-order valence-electron chi connectivity index (χ1n) is 13.4. The summed E-state index contributed by atoms with van der Waals surface area (Å²) in [5.41, 5.74) is 5.53. The Hall–Kier alpha value is -0.890. The summed E-state index contributed by atoms with van der Waals surface area (Å²) in [6, 6.07) is 0. The van der Waals surface area contributed by atoms with Crippen LogP contribution in [-0.4, -0.2) is 18.0 Å². The molecule has 4 aliphatic carbocycles. The predicted molar refractivity (Wildman–Crippen MR) is 131 cm³/mol. The second kappa shape index (κ2) is 7.06. The Balaban J connectivity index is 1.55. The zero-order chi connectivity index (χ0) is 23.3. The second-order valence-corrected chi connectivity index (χ2v) is 13.8. The number of fused-ring (bicyclic) bond motifs is 6. The number of ether oxygens (including phenoxy) is 1. The Morgan fingerprint density at radius 2 is 1.72 bits per heavy atom. The van der Waals surface area contributed by atoms with Gasteiger partial charge in [0.25, 0.3) is 0 Å². The van der Waals surface area contributed by atoms with Crippen LogP contribution in [0.5, 0.6) is 0 Å². The average Bonchev–Trinajstić information content (AvgIpc) is 2.92. The van der Waals surface area contributed by atoms with Gasteiger partial charge in [0.1, 0.15) is 5.78 Å². The van der Waals surface area contributed by atoms with Gasteiger partial charge >= 0.3 is 0 Å². The number of hydrogen-bond donors (Lipinski definition) is 0. The molecule has 5 aliphatic rings. The topological polar surface area (TPSA) is 26.3 Å². The fourth-order valence-electron chi connectivity index (χ4n) is 9.97. The summed E-state index contributed by atoms with van der Waals surface area (Å²) in [7, 11) is 0. The zero-order valence-electron chi connectivity index (χ0n) is 21.9. The normalized spacial score (nSPS) is 49.6. The highest BCUT2D eigenvalue weighted by Crippen LogP contribution is 2.73. The molecule has 0 aromatic carbocycles. The van der Waals surface area contributed by atoms with E-state index in [4.69, 9.17) is 4.74 Å². The van der Waals surface area contributed by atoms with Crippen LogP contribution in [0.3, 0.4) is 0 Å². The van der Waals surface area contributed by atoms with Crippen molar-refractivity contribution in [3.63, 3.8) is 0 Å². The molecule has 0 spiro atoms. The van der Waals surface area contributed by atoms with Gasteiger partial charge in [-0.05, 0) is 92.8 Å². The molecule has 0 aromatic heterocycles. The largest absolute Gasteiger partial charge is 0.371 e. The van der Waals surface area contributed by atoms with Gasteiger partial charge in [-0.3, -0.25) is 4.79 Å². The van der Waals surface area contributed by atoms with E-state index >= 15 is 0 Å². The first-order chi connectivity index (χ1) is 14.8. The third kappa shape index (κ3) is 2.83. The van der Waals surface area contributed by atoms with Crippen molar-refractivity contribution < 1.29 is 9.53 Å². The monoisotopic (exact) mass is 438 g/mol. The Morgan fingerprint density at radius 3 is 2.41 bits per heavy atom. The van der Waals surface area contributed by atoms with E-state index in [9.17, 15) is 4.79 Å². The Morgan fingerprint density at radius 1 is 1.00 bits per heavy atom. The molecule has 0 aromatic rings. The highest BCUT2D eigenvalue weighted by atomic mass is 16.5. The van der Waals surface area contributed by atoms with Gasteiger partial charge in [0.2, 0.25) is 0 Å². The van der Waals surface area contributed by atoms with Crippen LogP contribution in [-0.2, 0) is 9.53 Å². The summed E-state index contributed by atoms with van der Waals surface area (Å²) >= 11 is 0. The van der Waals surface area contributed by atoms with Gasteiger partial charge in [0.05, 0.1) is 12.2 Å². The van der Waals surface area contributed by atoms with Crippen LogP contribution in [0, 0.1) is 39.4 Å². The van der Waals surface area contributed by atoms with Crippen LogP contribution >= 0.6 is 0 Å². The molecule has 32 heavy (non-hydrogen) atoms. The maximum absolute atomic E-state index is 12.8. The fourth-order valence-corrected chi connectivity index (χ4v) is 9.97. The summed E-state index contributed by atoms with van der Waals surface area (Å²) in [5.74, 6) is 2.37. The van der Waals surface area contributed by atoms with Gasteiger partial charge in [-0.2, -0.15) is 0 Å². The maximum Gasteiger partial charge on any atom is 0.138 e. The molecule has 5 rings (SSSR count). The van der Waals surface area contributed by atoms with E-state index in [0.717, 1.165) is 12.8 Å². The molecule has 2 nitrogen and oxygen atoms in total. The number of rotatable bonds is 1. The molecule has 2 heteroatoms. The van der Waals surface area contributed by atoms with E-state index in [1.165, 1.54) is 44.1 Å². The zero-order valence-corrected chi connectivity index (χ0v) is 21.9. The quantitative estimate of drug-likeness (QED) is 0.392. The smallest absolute Gasteiger partial charge is 0.138 e. The van der Waals surface area contributed by atoms with Crippen molar-refractivity contribution >= 4 is 5.78 Å². The standard InChI is InChI=1S/C30H46O2/c1-18(2)15-20-16-19(3)26-23(32-20)17-30(8)22-9-10-24-27(4,5)25(31)12-13-28(24,6)21(22)11-14-29(26,30)7/h15,19-20,23-24,26H,9-14,16-17H2,1-8H3/t19-,20+,23-,24-,26+,28-,29-,30+/m1/s1. The van der Waals surface area contributed by atoms with Gasteiger partial charge in [-0.25, -0.2) is 0 Å². The number of allylic oxidation sites excluding steroid dienone is 3. The van der Waals surface area contributed by atoms with E-state index in [-0.39, 0.29) is 22.3 Å². The molecule has 2 saturated carbocycles. The van der Waals surface area contributed by atoms with Crippen molar-refractivity contribution in [1.82, 2.24) is 0 Å². The fraction of sp³-hybridized carbons (Fsp3) is 0.833. The lowest BCUT2D eigenvalue weighted by molar-refractivity contribution is -0.139. The molecule has 0 amide bonds. The first kappa shape index (κ1) is 22.9. The van der Waals surface area contributed by atoms with E-state index in [2.05, 4.69) is 61.5 Å². The lowest BCUT2D eigenvalue weighted by Crippen LogP contribution is -2.54. The van der Waals surface area contributed by atoms with Crippen LogP contribution in [0.25, 0.3) is 0 Å². The van der Waals surface area contributed by atoms with Crippen LogP contribution < -0.4 is 0 Å². The first-order valence-corrected chi connectivity index (χ1v) is 13.4. The molecule has 0 radical (unpaired) electrons. The van der Waals surface area contributed by atoms with Crippen molar-refractivity contribution in [1.29, 1.82) is 0 Å². The predicted octanol–water partition coefficient (Wildman–Crippen LogP) is 7.67. The minimum atomic E-state index is -0.175. The highest BCUT2D eigenvalue weighted by Gasteiger charge is 2.67. The molecule has 1 heterocycles. The van der Waals surface area contributed by atoms with Crippen molar-refractivity contribution in [3.8, 4) is 0 Å². The summed E-state index contributed by atoms with van der Waals surface area (Å²) in [6.07, 6.45) is 12.1. The van der Waals surface area contributed by atoms with Gasteiger partial charge in [0.15, 0.2) is 0 Å². The minimum Gasteiger partial charge on any atom is -0.371 e. The average molecular weight is 439 g/mol. The molecule has 1 saturated heterocycles. The number of carbonyl (C=O) groups is 1. The lowest BCUT2D eigenvalue weighted by atomic mass is 9.43. The van der Waals surface area contributed by atoms with Crippen LogP contribution in [0.4, 0.5) is 0 Å². The number of carbonyl (C=O) groups excluding carboxylic acids is 1. The number of ketones is 1. The van der Waals surface area contributed by atoms with E-state index < -0.39 is 0 Å². The SMILES string of the molecule is CC(C)=C[C@H]1C[C@@H](C)[C@H]2[C@@H](C[C@@]3(C)C4=C(CC[C@]23C)[C@@]2(C)CCC(=O)C(C)(C)[C@H]2CC4)O1. The summed E-state index contributed by atoms with van der Waals surface area (Å²) in [6.45, 7) is 19.1. The van der Waals surface area contributed by atoms with E-state index in [0.29, 0.717) is 35.1 Å². The molecule has 0 unspecified atom stereocenters. The van der Waals surface area contributed by atoms with Gasteiger partial charge < -0.3 is 4.74 Å². The summed E-state index contributed by atoms with van der Waals surface area (Å²) < 4.78 is 6.83. The third-order valence-electron chi connectivity index (χ3n) is 11.6. The van der Waals surface area contributed by atoms with Crippen molar-refractivity contribution in [2.75, 3.05) is 0 Å². The number of Topliss-reactive ketones (excluding diaryl/α,β-unsaturated/α-hetero) is 1. The van der Waals surface area contributed by atoms with Crippen LogP contribution in [0.15, 0.2) is 22.8 Å². The lowest BCUT2D eigenvalue weighted by Gasteiger charge is -2.60. The van der Waals surface area contributed by atoms with Gasteiger partial charge in [-0.1, -0.05) is 64.3 Å². The molecular formula is C30H46O2. The minimum absolute atomic E-state index is 0.175. The molecular weight excluding hydrogens is 392 g/mol. The molecule has 8 atom stereocenters. The summed E-state index contributed by atoms with van der Waals surface area (Å²) in [5, 5.41) is 0. The Labute approximate surface area is 196 Å². The molecule has 0 bridgehead atoms. The Bertz CT molecular complexity index is 889. The summed E-state index contributed by atoms with van der Waals surface area (Å²) in [4.78, 5) is 12.8. The van der Waals surface area contributed by atoms with E-state index in [1.807, 2.05) is 0 Å². The van der Waals surface area contributed by atoms with Gasteiger partial charge in [0, 0.05) is 11.8 Å². The molecule has 1 aliphatic heterocycles. The maximum atomic E-state index is 12.8. The van der Waals surface area contributed by atoms with E-state index in [1.54, 1.807) is 11.1 Å². The highest BCUT2D eigenvalue weighted by molar-refractivity contribution is 5.85. The molecule has 0 N–H and O–H groups in total. The van der Waals surface area contributed by atoms with Crippen molar-refractivity contribution in [3.05, 3.63) is 22.8 Å². The number of hydrogen-bond acceptors (Lipinski definition) is 2. The molecule has 178 valence electrons. The Kier molecular flexibility index (Phi) is 5.05. The van der Waals surface area contributed by atoms with Gasteiger partial charge in [-0.15, -0.1) is 0 Å².